The Hall–Kier alpha value is -4.62. The minimum atomic E-state index is -5.04. The van der Waals surface area contributed by atoms with Gasteiger partial charge < -0.3 is 15.4 Å². The summed E-state index contributed by atoms with van der Waals surface area (Å²) in [5.41, 5.74) is -3.56. The monoisotopic (exact) mass is 536 g/mol. The first-order valence-electron chi connectivity index (χ1n) is 10.8. The van der Waals surface area contributed by atoms with Gasteiger partial charge in [-0.05, 0) is 56.3 Å². The summed E-state index contributed by atoms with van der Waals surface area (Å²) >= 11 is 0. The predicted molar refractivity (Wildman–Crippen MR) is 124 cm³/mol. The summed E-state index contributed by atoms with van der Waals surface area (Å²) in [6, 6.07) is 7.19. The number of aromatic nitrogens is 4. The average Bonchev–Trinajstić information content (AvgIpc) is 3.24. The number of aryl methyl sites for hydroxylation is 2. The summed E-state index contributed by atoms with van der Waals surface area (Å²) in [7, 11) is 0. The number of nitrogens with zero attached hydrogens (tertiary/aromatic N) is 4. The van der Waals surface area contributed by atoms with Gasteiger partial charge in [-0.2, -0.15) is 31.3 Å². The number of nitrogens with one attached hydrogen (secondary N) is 2. The van der Waals surface area contributed by atoms with Crippen molar-refractivity contribution in [1.29, 1.82) is 0 Å². The number of hydrogen-bond donors (Lipinski definition) is 2. The number of rotatable bonds is 5. The first-order valence-corrected chi connectivity index (χ1v) is 10.8. The van der Waals surface area contributed by atoms with E-state index in [-0.39, 0.29) is 17.6 Å². The Morgan fingerprint density at radius 1 is 0.842 bits per heavy atom. The molecule has 0 saturated heterocycles. The van der Waals surface area contributed by atoms with E-state index in [1.165, 1.54) is 24.3 Å². The van der Waals surface area contributed by atoms with E-state index in [1.54, 1.807) is 30.0 Å². The molecule has 0 aliphatic rings. The lowest BCUT2D eigenvalue weighted by Crippen LogP contribution is -2.20. The van der Waals surface area contributed by atoms with Gasteiger partial charge >= 0.3 is 18.4 Å². The molecule has 198 valence electrons. The lowest BCUT2D eigenvalue weighted by atomic mass is 10.1. The molecule has 0 aliphatic carbocycles. The van der Waals surface area contributed by atoms with Gasteiger partial charge in [0.05, 0.1) is 11.1 Å². The van der Waals surface area contributed by atoms with Crippen molar-refractivity contribution in [2.24, 2.45) is 0 Å². The summed E-state index contributed by atoms with van der Waals surface area (Å²) in [5.74, 6) is 2.28. The molecule has 0 atom stereocenters. The highest BCUT2D eigenvalue weighted by Gasteiger charge is 2.37. The molecule has 2 amide bonds. The quantitative estimate of drug-likeness (QED) is 0.275. The first kappa shape index (κ1) is 26.4. The summed E-state index contributed by atoms with van der Waals surface area (Å²) in [5, 5.41) is 4.33. The van der Waals surface area contributed by atoms with Gasteiger partial charge in [0.1, 0.15) is 23.2 Å². The molecule has 0 aliphatic heterocycles. The highest BCUT2D eigenvalue weighted by Crippen LogP contribution is 2.37. The summed E-state index contributed by atoms with van der Waals surface area (Å²) in [6.07, 6.45) is -6.72. The van der Waals surface area contributed by atoms with E-state index in [4.69, 9.17) is 4.74 Å². The number of alkyl halides is 6. The fourth-order valence-electron chi connectivity index (χ4n) is 3.37. The van der Waals surface area contributed by atoms with Crippen LogP contribution in [-0.2, 0) is 12.4 Å². The fourth-order valence-corrected chi connectivity index (χ4v) is 3.37. The van der Waals surface area contributed by atoms with Crippen LogP contribution in [-0.4, -0.2) is 25.6 Å². The summed E-state index contributed by atoms with van der Waals surface area (Å²) < 4.78 is 85.7. The van der Waals surface area contributed by atoms with E-state index in [0.29, 0.717) is 35.3 Å². The van der Waals surface area contributed by atoms with Crippen LogP contribution in [0.2, 0.25) is 0 Å². The molecule has 4 aromatic rings. The minimum Gasteiger partial charge on any atom is -0.439 e. The molecule has 0 radical (unpaired) electrons. The second kappa shape index (κ2) is 10.0. The van der Waals surface area contributed by atoms with E-state index in [1.807, 2.05) is 12.2 Å². The first-order chi connectivity index (χ1) is 17.8. The van der Waals surface area contributed by atoms with Gasteiger partial charge in [-0.3, -0.25) is 4.57 Å². The Kier molecular flexibility index (Phi) is 6.98. The number of carbonyl (C=O) groups is 1. The predicted octanol–water partition coefficient (Wildman–Crippen LogP) is 6.75. The molecule has 2 N–H and O–H groups in total. The summed E-state index contributed by atoms with van der Waals surface area (Å²) in [6.45, 7) is 3.50. The van der Waals surface area contributed by atoms with Crippen molar-refractivity contribution in [2.75, 3.05) is 10.6 Å². The van der Waals surface area contributed by atoms with Crippen LogP contribution in [0.5, 0.6) is 11.6 Å². The third-order valence-electron chi connectivity index (χ3n) is 5.05. The van der Waals surface area contributed by atoms with Crippen molar-refractivity contribution in [3.05, 3.63) is 83.7 Å². The van der Waals surface area contributed by atoms with Crippen LogP contribution in [0.4, 0.5) is 42.5 Å². The van der Waals surface area contributed by atoms with Crippen LogP contribution >= 0.6 is 0 Å². The Labute approximate surface area is 211 Å². The largest absolute Gasteiger partial charge is 0.439 e. The number of hydrogen-bond acceptors (Lipinski definition) is 5. The highest BCUT2D eigenvalue weighted by molar-refractivity contribution is 5.99. The number of anilines is 2. The molecule has 14 heteroatoms. The lowest BCUT2D eigenvalue weighted by molar-refractivity contribution is -0.143. The highest BCUT2D eigenvalue weighted by atomic mass is 19.4. The average molecular weight is 536 g/mol. The maximum Gasteiger partial charge on any atom is 0.416 e. The SMILES string of the molecule is Cc1nc(Oc2ccc(NC(=O)Nc3cc(C(F)(F)F)cc(C(F)(F)F)c3)cc2)cc(-n2ccnc2C)n1. The van der Waals surface area contributed by atoms with Crippen LogP contribution in [0.3, 0.4) is 0 Å². The number of imidazole rings is 1. The van der Waals surface area contributed by atoms with Crippen LogP contribution in [0.25, 0.3) is 5.82 Å². The third kappa shape index (κ3) is 6.38. The Morgan fingerprint density at radius 2 is 1.45 bits per heavy atom. The van der Waals surface area contributed by atoms with Crippen molar-refractivity contribution in [2.45, 2.75) is 26.2 Å². The molecular weight excluding hydrogens is 518 g/mol. The number of halogens is 6. The summed E-state index contributed by atoms with van der Waals surface area (Å²) in [4.78, 5) is 25.0. The Balaban J connectivity index is 1.45. The Morgan fingerprint density at radius 3 is 2.00 bits per heavy atom. The topological polar surface area (TPSA) is 94.0 Å². The van der Waals surface area contributed by atoms with Crippen molar-refractivity contribution in [1.82, 2.24) is 19.5 Å². The van der Waals surface area contributed by atoms with Gasteiger partial charge in [-0.15, -0.1) is 0 Å². The molecule has 0 spiro atoms. The second-order valence-corrected chi connectivity index (χ2v) is 7.96. The molecule has 0 bridgehead atoms. The maximum absolute atomic E-state index is 13.0. The van der Waals surface area contributed by atoms with Crippen LogP contribution in [0, 0.1) is 13.8 Å². The zero-order chi connectivity index (χ0) is 27.7. The van der Waals surface area contributed by atoms with E-state index in [2.05, 4.69) is 20.3 Å². The number of carbonyl (C=O) groups excluding carboxylic acids is 1. The normalized spacial score (nSPS) is 11.8. The van der Waals surface area contributed by atoms with Gasteiger partial charge in [-0.1, -0.05) is 0 Å². The maximum atomic E-state index is 13.0. The van der Waals surface area contributed by atoms with Crippen molar-refractivity contribution in [3.8, 4) is 17.4 Å². The van der Waals surface area contributed by atoms with E-state index >= 15 is 0 Å². The standard InChI is InChI=1S/C24H18F6N6O2/c1-13-32-20(36-8-7-31-14(36)2)12-21(33-13)38-19-5-3-17(4-6-19)34-22(37)35-18-10-15(23(25,26)27)9-16(11-18)24(28,29)30/h3-12H,1-2H3,(H2,34,35,37). The zero-order valence-corrected chi connectivity index (χ0v) is 19.6. The molecule has 0 fully saturated rings. The molecule has 38 heavy (non-hydrogen) atoms. The molecule has 2 aromatic heterocycles. The molecule has 4 rings (SSSR count). The molecule has 2 heterocycles. The lowest BCUT2D eigenvalue weighted by Gasteiger charge is -2.15. The van der Waals surface area contributed by atoms with Gasteiger partial charge in [0.25, 0.3) is 0 Å². The van der Waals surface area contributed by atoms with E-state index in [0.717, 1.165) is 0 Å². The number of benzene rings is 2. The van der Waals surface area contributed by atoms with Crippen LogP contribution in [0.1, 0.15) is 22.8 Å². The molecular formula is C24H18F6N6O2. The van der Waals surface area contributed by atoms with E-state index < -0.39 is 35.2 Å². The molecule has 2 aromatic carbocycles. The van der Waals surface area contributed by atoms with Gasteiger partial charge in [0.2, 0.25) is 5.88 Å². The number of amides is 2. The minimum absolute atomic E-state index is 0.0273. The third-order valence-corrected chi connectivity index (χ3v) is 5.05. The molecule has 8 nitrogen and oxygen atoms in total. The smallest absolute Gasteiger partial charge is 0.416 e. The van der Waals surface area contributed by atoms with Crippen molar-refractivity contribution >= 4 is 17.4 Å². The van der Waals surface area contributed by atoms with Crippen molar-refractivity contribution < 1.29 is 35.9 Å². The van der Waals surface area contributed by atoms with Gasteiger partial charge in [-0.25, -0.2) is 14.8 Å². The van der Waals surface area contributed by atoms with Crippen LogP contribution in [0.15, 0.2) is 60.9 Å². The number of urea groups is 1. The molecule has 0 saturated carbocycles. The zero-order valence-electron chi connectivity index (χ0n) is 19.6. The Bertz CT molecular complexity index is 1430. The van der Waals surface area contributed by atoms with Gasteiger partial charge in [0, 0.05) is 29.8 Å². The fraction of sp³-hybridized carbons (Fsp3) is 0.167. The second-order valence-electron chi connectivity index (χ2n) is 7.96. The van der Waals surface area contributed by atoms with Gasteiger partial charge in [0.15, 0.2) is 0 Å². The van der Waals surface area contributed by atoms with Crippen LogP contribution < -0.4 is 15.4 Å². The van der Waals surface area contributed by atoms with Crippen molar-refractivity contribution in [3.63, 3.8) is 0 Å². The molecule has 0 unspecified atom stereocenters. The number of ether oxygens (including phenoxy) is 1. The van der Waals surface area contributed by atoms with E-state index in [9.17, 15) is 31.1 Å².